The van der Waals surface area contributed by atoms with Gasteiger partial charge in [0.15, 0.2) is 5.78 Å². The lowest BCUT2D eigenvalue weighted by Gasteiger charge is -2.45. The summed E-state index contributed by atoms with van der Waals surface area (Å²) in [5.41, 5.74) is 4.96. The molecule has 4 atom stereocenters. The molecule has 0 radical (unpaired) electrons. The van der Waals surface area contributed by atoms with Crippen LogP contribution in [0.25, 0.3) is 11.1 Å². The molecule has 0 heterocycles. The summed E-state index contributed by atoms with van der Waals surface area (Å²) < 4.78 is 27.9. The standard InChI is InChI=1S/C43H49NO5S/c1-31-11-10-25-42(2)40(24-26-43(42,47)30-44(50(3,48)49)29-32-12-6-4-7-13-32)38-23-17-33(27-37(45)22-16-31)28-39(38)41(46)36-20-18-35(19-21-36)34-14-8-5-9-15-34/h4-9,11-15,17-21,23,28,37,40,45,47H,10,16,22,24-27,29-30H2,1-3H3/t37-,40-,42-,43+/m0/s1. The molecule has 3 aliphatic rings. The molecule has 1 fully saturated rings. The number of aliphatic hydroxyl groups excluding tert-OH is 1. The Morgan fingerprint density at radius 2 is 1.54 bits per heavy atom. The summed E-state index contributed by atoms with van der Waals surface area (Å²) >= 11 is 0. The lowest BCUT2D eigenvalue weighted by Crippen LogP contribution is -2.53. The number of allylic oxidation sites excluding steroid dienone is 2. The van der Waals surface area contributed by atoms with Crippen LogP contribution in [0.15, 0.2) is 115 Å². The molecule has 1 saturated carbocycles. The number of aliphatic hydroxyl groups is 2. The smallest absolute Gasteiger partial charge is 0.211 e. The lowest BCUT2D eigenvalue weighted by atomic mass is 9.64. The first-order chi connectivity index (χ1) is 23.9. The molecular weight excluding hydrogens is 643 g/mol. The molecule has 3 aliphatic carbocycles. The van der Waals surface area contributed by atoms with E-state index in [1.807, 2.05) is 103 Å². The minimum absolute atomic E-state index is 0.0368. The minimum atomic E-state index is -3.66. The van der Waals surface area contributed by atoms with Gasteiger partial charge in [0, 0.05) is 29.6 Å². The van der Waals surface area contributed by atoms with Gasteiger partial charge in [-0.2, -0.15) is 4.31 Å². The van der Waals surface area contributed by atoms with Crippen molar-refractivity contribution in [1.29, 1.82) is 0 Å². The summed E-state index contributed by atoms with van der Waals surface area (Å²) in [7, 11) is -3.66. The second-order valence-electron chi connectivity index (χ2n) is 14.7. The molecule has 4 aromatic rings. The van der Waals surface area contributed by atoms with Gasteiger partial charge in [-0.05, 0) is 91.7 Å². The van der Waals surface area contributed by atoms with Gasteiger partial charge >= 0.3 is 0 Å². The van der Waals surface area contributed by atoms with Crippen LogP contribution in [0.3, 0.4) is 0 Å². The zero-order valence-electron chi connectivity index (χ0n) is 29.4. The number of ketones is 1. The van der Waals surface area contributed by atoms with Crippen molar-refractivity contribution in [2.45, 2.75) is 83.0 Å². The number of hydrogen-bond donors (Lipinski definition) is 2. The van der Waals surface area contributed by atoms with Crippen LogP contribution >= 0.6 is 0 Å². The second kappa shape index (κ2) is 14.8. The van der Waals surface area contributed by atoms with Crippen LogP contribution in [0.5, 0.6) is 0 Å². The molecule has 7 rings (SSSR count). The fourth-order valence-corrected chi connectivity index (χ4v) is 9.00. The minimum Gasteiger partial charge on any atom is -0.393 e. The Kier molecular flexibility index (Phi) is 10.6. The highest BCUT2D eigenvalue weighted by atomic mass is 32.2. The fourth-order valence-electron chi connectivity index (χ4n) is 8.17. The van der Waals surface area contributed by atoms with Crippen LogP contribution in [-0.2, 0) is 23.0 Å². The van der Waals surface area contributed by atoms with Crippen molar-refractivity contribution in [2.24, 2.45) is 5.41 Å². The summed E-state index contributed by atoms with van der Waals surface area (Å²) in [4.78, 5) is 14.5. The van der Waals surface area contributed by atoms with Crippen LogP contribution in [0.1, 0.15) is 90.9 Å². The van der Waals surface area contributed by atoms with Gasteiger partial charge in [0.1, 0.15) is 0 Å². The number of rotatable bonds is 8. The first-order valence-electron chi connectivity index (χ1n) is 17.7. The summed E-state index contributed by atoms with van der Waals surface area (Å²) in [6.07, 6.45) is 6.98. The topological polar surface area (TPSA) is 94.9 Å². The van der Waals surface area contributed by atoms with E-state index in [9.17, 15) is 23.4 Å². The monoisotopic (exact) mass is 691 g/mol. The van der Waals surface area contributed by atoms with Gasteiger partial charge in [0.2, 0.25) is 10.0 Å². The van der Waals surface area contributed by atoms with Crippen molar-refractivity contribution in [1.82, 2.24) is 4.31 Å². The van der Waals surface area contributed by atoms with E-state index in [2.05, 4.69) is 19.9 Å². The predicted molar refractivity (Wildman–Crippen MR) is 200 cm³/mol. The molecule has 6 nitrogen and oxygen atoms in total. The maximum Gasteiger partial charge on any atom is 0.211 e. The maximum absolute atomic E-state index is 14.5. The van der Waals surface area contributed by atoms with Gasteiger partial charge < -0.3 is 10.2 Å². The third-order valence-electron chi connectivity index (χ3n) is 11.3. The van der Waals surface area contributed by atoms with E-state index in [0.29, 0.717) is 49.7 Å². The van der Waals surface area contributed by atoms with Crippen LogP contribution in [0.4, 0.5) is 0 Å². The van der Waals surface area contributed by atoms with Crippen LogP contribution in [0, 0.1) is 5.41 Å². The lowest BCUT2D eigenvalue weighted by molar-refractivity contribution is -0.0731. The van der Waals surface area contributed by atoms with Crippen molar-refractivity contribution in [2.75, 3.05) is 12.8 Å². The number of carbonyl (C=O) groups excluding carboxylic acids is 1. The summed E-state index contributed by atoms with van der Waals surface area (Å²) in [6, 6.07) is 33.2. The van der Waals surface area contributed by atoms with Gasteiger partial charge in [-0.3, -0.25) is 4.79 Å². The Morgan fingerprint density at radius 1 is 0.880 bits per heavy atom. The largest absolute Gasteiger partial charge is 0.393 e. The molecular formula is C43H49NO5S. The zero-order valence-corrected chi connectivity index (χ0v) is 30.2. The average molecular weight is 692 g/mol. The fraction of sp³-hybridized carbons (Fsp3) is 0.372. The Bertz CT molecular complexity index is 1940. The van der Waals surface area contributed by atoms with Gasteiger partial charge in [-0.25, -0.2) is 8.42 Å². The number of nitrogens with zero attached hydrogens (tertiary/aromatic N) is 1. The first-order valence-corrected chi connectivity index (χ1v) is 19.6. The first kappa shape index (κ1) is 35.9. The number of fused-ring (bicyclic) bond motifs is 8. The van der Waals surface area contributed by atoms with E-state index in [0.717, 1.165) is 34.2 Å². The van der Waals surface area contributed by atoms with E-state index >= 15 is 0 Å². The van der Waals surface area contributed by atoms with Gasteiger partial charge in [-0.15, -0.1) is 0 Å². The van der Waals surface area contributed by atoms with Crippen molar-refractivity contribution in [3.8, 4) is 11.1 Å². The number of carbonyl (C=O) groups is 1. The summed E-state index contributed by atoms with van der Waals surface area (Å²) in [5, 5.41) is 23.7. The van der Waals surface area contributed by atoms with E-state index in [-0.39, 0.29) is 24.8 Å². The highest BCUT2D eigenvalue weighted by molar-refractivity contribution is 7.88. The van der Waals surface area contributed by atoms with Crippen molar-refractivity contribution < 1.29 is 23.4 Å². The molecule has 7 heteroatoms. The number of sulfonamides is 1. The van der Waals surface area contributed by atoms with Crippen LogP contribution in [-0.4, -0.2) is 53.2 Å². The van der Waals surface area contributed by atoms with Gasteiger partial charge in [0.25, 0.3) is 0 Å². The maximum atomic E-state index is 14.5. The SMILES string of the molecule is CC1=CCC[C@@]2(C)[C@@H](CC[C@@]2(O)CN(Cc2ccccc2)S(C)(=O)=O)c2ccc(cc2C(=O)c2ccc(-c3ccccc3)cc2)C[C@@H](O)CC1. The number of benzene rings is 4. The van der Waals surface area contributed by atoms with Crippen molar-refractivity contribution in [3.63, 3.8) is 0 Å². The van der Waals surface area contributed by atoms with Gasteiger partial charge in [0.05, 0.1) is 18.0 Å². The molecule has 2 bridgehead atoms. The van der Waals surface area contributed by atoms with E-state index in [1.54, 1.807) is 0 Å². The Labute approximate surface area is 297 Å². The Balaban J connectivity index is 1.42. The Morgan fingerprint density at radius 3 is 2.22 bits per heavy atom. The third kappa shape index (κ3) is 7.71. The molecule has 262 valence electrons. The summed E-state index contributed by atoms with van der Waals surface area (Å²) in [6.45, 7) is 4.30. The molecule has 0 saturated heterocycles. The third-order valence-corrected chi connectivity index (χ3v) is 12.5. The molecule has 0 aliphatic heterocycles. The molecule has 2 N–H and O–H groups in total. The second-order valence-corrected chi connectivity index (χ2v) is 16.7. The van der Waals surface area contributed by atoms with Crippen molar-refractivity contribution in [3.05, 3.63) is 143 Å². The highest BCUT2D eigenvalue weighted by Crippen LogP contribution is 2.59. The molecule has 4 aromatic carbocycles. The van der Waals surface area contributed by atoms with Crippen LogP contribution in [0.2, 0.25) is 0 Å². The number of hydrogen-bond acceptors (Lipinski definition) is 5. The van der Waals surface area contributed by atoms with Crippen molar-refractivity contribution >= 4 is 15.8 Å². The highest BCUT2D eigenvalue weighted by Gasteiger charge is 2.57. The quantitative estimate of drug-likeness (QED) is 0.144. The molecule has 0 aromatic heterocycles. The van der Waals surface area contributed by atoms with Gasteiger partial charge in [-0.1, -0.05) is 116 Å². The molecule has 0 spiro atoms. The van der Waals surface area contributed by atoms with E-state index < -0.39 is 27.1 Å². The Hall–Kier alpha value is -3.88. The van der Waals surface area contributed by atoms with E-state index in [4.69, 9.17) is 0 Å². The average Bonchev–Trinajstić information content (AvgIpc) is 3.36. The normalized spacial score (nSPS) is 24.4. The molecule has 50 heavy (non-hydrogen) atoms. The zero-order chi connectivity index (χ0) is 35.5. The van der Waals surface area contributed by atoms with Crippen LogP contribution < -0.4 is 0 Å². The molecule has 0 amide bonds. The van der Waals surface area contributed by atoms with E-state index in [1.165, 1.54) is 16.1 Å². The predicted octanol–water partition coefficient (Wildman–Crippen LogP) is 8.08. The molecule has 0 unspecified atom stereocenters. The summed E-state index contributed by atoms with van der Waals surface area (Å²) in [5.74, 6) is -0.304.